The molecule has 0 aromatic heterocycles. The Balaban J connectivity index is 1.56. The average Bonchev–Trinajstić information content (AvgIpc) is 2.63. The number of ether oxygens (including phenoxy) is 1. The summed E-state index contributed by atoms with van der Waals surface area (Å²) in [6.45, 7) is 0. The summed E-state index contributed by atoms with van der Waals surface area (Å²) in [7, 11) is 0. The summed E-state index contributed by atoms with van der Waals surface area (Å²) in [4.78, 5) is 0. The van der Waals surface area contributed by atoms with Crippen molar-refractivity contribution in [1.29, 1.82) is 0 Å². The van der Waals surface area contributed by atoms with Gasteiger partial charge < -0.3 is 4.74 Å². The summed E-state index contributed by atoms with van der Waals surface area (Å²) < 4.78 is 6.26. The minimum absolute atomic E-state index is 0.440. The van der Waals surface area contributed by atoms with Gasteiger partial charge in [0.1, 0.15) is 5.75 Å². The summed E-state index contributed by atoms with van der Waals surface area (Å²) in [6, 6.07) is 17.8. The fourth-order valence-electron chi connectivity index (χ4n) is 4.27. The van der Waals surface area contributed by atoms with Crippen molar-refractivity contribution in [3.8, 4) is 5.75 Å². The number of rotatable bonds is 3. The van der Waals surface area contributed by atoms with Crippen molar-refractivity contribution in [3.05, 3.63) is 65.2 Å². The van der Waals surface area contributed by atoms with Crippen molar-refractivity contribution in [2.24, 2.45) is 0 Å². The first-order chi connectivity index (χ1) is 11.4. The molecule has 0 bridgehead atoms. The van der Waals surface area contributed by atoms with Crippen LogP contribution in [0.25, 0.3) is 0 Å². The van der Waals surface area contributed by atoms with E-state index in [0.29, 0.717) is 12.0 Å². The first-order valence-corrected chi connectivity index (χ1v) is 9.24. The first kappa shape index (κ1) is 14.8. The van der Waals surface area contributed by atoms with Crippen molar-refractivity contribution < 1.29 is 4.74 Å². The Morgan fingerprint density at radius 3 is 2.43 bits per heavy atom. The van der Waals surface area contributed by atoms with Crippen LogP contribution in [-0.4, -0.2) is 6.10 Å². The maximum Gasteiger partial charge on any atom is 0.120 e. The normalized spacial score (nSPS) is 21.7. The SMILES string of the molecule is c1ccc(C2CCCc3cc(OC4CCCCC4)ccc32)cc1. The zero-order valence-electron chi connectivity index (χ0n) is 13.8. The van der Waals surface area contributed by atoms with Gasteiger partial charge in [0.25, 0.3) is 0 Å². The number of benzene rings is 2. The van der Waals surface area contributed by atoms with Crippen LogP contribution in [0.3, 0.4) is 0 Å². The third-order valence-electron chi connectivity index (χ3n) is 5.49. The molecule has 0 N–H and O–H groups in total. The number of hydrogen-bond acceptors (Lipinski definition) is 1. The second-order valence-electron chi connectivity index (χ2n) is 7.09. The lowest BCUT2D eigenvalue weighted by Crippen LogP contribution is -2.20. The Bertz CT molecular complexity index is 640. The van der Waals surface area contributed by atoms with Crippen LogP contribution in [0.1, 0.15) is 67.6 Å². The van der Waals surface area contributed by atoms with E-state index < -0.39 is 0 Å². The molecule has 120 valence electrons. The molecule has 1 heteroatoms. The lowest BCUT2D eigenvalue weighted by Gasteiger charge is -2.28. The molecule has 23 heavy (non-hydrogen) atoms. The molecule has 0 spiro atoms. The molecule has 0 aliphatic heterocycles. The molecule has 1 saturated carbocycles. The van der Waals surface area contributed by atoms with Crippen molar-refractivity contribution in [2.45, 2.75) is 63.4 Å². The highest BCUT2D eigenvalue weighted by molar-refractivity contribution is 5.43. The molecular weight excluding hydrogens is 280 g/mol. The molecule has 0 saturated heterocycles. The van der Waals surface area contributed by atoms with Gasteiger partial charge in [0.2, 0.25) is 0 Å². The van der Waals surface area contributed by atoms with E-state index >= 15 is 0 Å². The van der Waals surface area contributed by atoms with Crippen LogP contribution < -0.4 is 4.74 Å². The summed E-state index contributed by atoms with van der Waals surface area (Å²) in [6.07, 6.45) is 10.7. The van der Waals surface area contributed by atoms with E-state index in [1.54, 1.807) is 0 Å². The minimum Gasteiger partial charge on any atom is -0.490 e. The maximum absolute atomic E-state index is 6.26. The summed E-state index contributed by atoms with van der Waals surface area (Å²) in [5.41, 5.74) is 4.46. The van der Waals surface area contributed by atoms with Gasteiger partial charge in [0.05, 0.1) is 6.10 Å². The van der Waals surface area contributed by atoms with Crippen LogP contribution in [0, 0.1) is 0 Å². The third kappa shape index (κ3) is 3.29. The number of fused-ring (bicyclic) bond motifs is 1. The Hall–Kier alpha value is -1.76. The van der Waals surface area contributed by atoms with E-state index in [1.165, 1.54) is 68.1 Å². The van der Waals surface area contributed by atoms with E-state index in [1.807, 2.05) is 0 Å². The van der Waals surface area contributed by atoms with Gasteiger partial charge >= 0.3 is 0 Å². The van der Waals surface area contributed by atoms with Gasteiger partial charge in [-0.15, -0.1) is 0 Å². The highest BCUT2D eigenvalue weighted by Crippen LogP contribution is 2.38. The zero-order valence-corrected chi connectivity index (χ0v) is 13.8. The van der Waals surface area contributed by atoms with Crippen molar-refractivity contribution in [3.63, 3.8) is 0 Å². The molecule has 2 aromatic carbocycles. The largest absolute Gasteiger partial charge is 0.490 e. The monoisotopic (exact) mass is 306 g/mol. The molecule has 0 heterocycles. The molecule has 2 aromatic rings. The van der Waals surface area contributed by atoms with Gasteiger partial charge in [-0.1, -0.05) is 42.8 Å². The van der Waals surface area contributed by atoms with E-state index in [-0.39, 0.29) is 0 Å². The predicted molar refractivity (Wildman–Crippen MR) is 95.2 cm³/mol. The van der Waals surface area contributed by atoms with Crippen LogP contribution in [0.5, 0.6) is 5.75 Å². The summed E-state index contributed by atoms with van der Waals surface area (Å²) in [5.74, 6) is 1.65. The smallest absolute Gasteiger partial charge is 0.120 e. The van der Waals surface area contributed by atoms with E-state index in [4.69, 9.17) is 4.74 Å². The Morgan fingerprint density at radius 1 is 0.783 bits per heavy atom. The van der Waals surface area contributed by atoms with Gasteiger partial charge in [0.15, 0.2) is 0 Å². The van der Waals surface area contributed by atoms with E-state index in [0.717, 1.165) is 5.75 Å². The number of hydrogen-bond donors (Lipinski definition) is 0. The van der Waals surface area contributed by atoms with Crippen LogP contribution in [0.4, 0.5) is 0 Å². The lowest BCUT2D eigenvalue weighted by atomic mass is 9.79. The molecule has 1 unspecified atom stereocenters. The predicted octanol–water partition coefficient (Wildman–Crippen LogP) is 5.87. The number of aryl methyl sites for hydroxylation is 1. The Labute approximate surface area is 139 Å². The van der Waals surface area contributed by atoms with Gasteiger partial charge in [0, 0.05) is 5.92 Å². The first-order valence-electron chi connectivity index (χ1n) is 9.24. The minimum atomic E-state index is 0.440. The third-order valence-corrected chi connectivity index (χ3v) is 5.49. The van der Waals surface area contributed by atoms with Crippen LogP contribution >= 0.6 is 0 Å². The average molecular weight is 306 g/mol. The standard InChI is InChI=1S/C22H26O/c1-3-8-17(9-4-1)21-13-7-10-18-16-20(14-15-22(18)21)23-19-11-5-2-6-12-19/h1,3-4,8-9,14-16,19,21H,2,5-7,10-13H2. The van der Waals surface area contributed by atoms with E-state index in [9.17, 15) is 0 Å². The zero-order chi connectivity index (χ0) is 15.5. The van der Waals surface area contributed by atoms with E-state index in [2.05, 4.69) is 48.5 Å². The van der Waals surface area contributed by atoms with Crippen LogP contribution in [0.2, 0.25) is 0 Å². The molecule has 0 radical (unpaired) electrons. The maximum atomic E-state index is 6.26. The Kier molecular flexibility index (Phi) is 4.37. The van der Waals surface area contributed by atoms with Crippen LogP contribution in [0.15, 0.2) is 48.5 Å². The lowest BCUT2D eigenvalue weighted by molar-refractivity contribution is 0.155. The van der Waals surface area contributed by atoms with Gasteiger partial charge in [-0.05, 0) is 73.8 Å². The summed E-state index contributed by atoms with van der Waals surface area (Å²) >= 11 is 0. The fraction of sp³-hybridized carbons (Fsp3) is 0.455. The molecule has 1 nitrogen and oxygen atoms in total. The van der Waals surface area contributed by atoms with Gasteiger partial charge in [-0.3, -0.25) is 0 Å². The molecule has 2 aliphatic rings. The molecule has 0 amide bonds. The Morgan fingerprint density at radius 2 is 1.61 bits per heavy atom. The second kappa shape index (κ2) is 6.78. The highest BCUT2D eigenvalue weighted by atomic mass is 16.5. The van der Waals surface area contributed by atoms with Crippen molar-refractivity contribution in [2.75, 3.05) is 0 Å². The highest BCUT2D eigenvalue weighted by Gasteiger charge is 2.22. The molecule has 1 atom stereocenters. The molecular formula is C22H26O. The summed E-state index contributed by atoms with van der Waals surface area (Å²) in [5, 5.41) is 0. The fourth-order valence-corrected chi connectivity index (χ4v) is 4.27. The molecule has 1 fully saturated rings. The van der Waals surface area contributed by atoms with Gasteiger partial charge in [-0.25, -0.2) is 0 Å². The van der Waals surface area contributed by atoms with Gasteiger partial charge in [-0.2, -0.15) is 0 Å². The van der Waals surface area contributed by atoms with Crippen molar-refractivity contribution in [1.82, 2.24) is 0 Å². The van der Waals surface area contributed by atoms with Crippen LogP contribution in [-0.2, 0) is 6.42 Å². The molecule has 4 rings (SSSR count). The quantitative estimate of drug-likeness (QED) is 0.689. The topological polar surface area (TPSA) is 9.23 Å². The van der Waals surface area contributed by atoms with Crippen molar-refractivity contribution >= 4 is 0 Å². The molecule has 2 aliphatic carbocycles. The second-order valence-corrected chi connectivity index (χ2v) is 7.09.